The number of nitrogens with zero attached hydrogens (tertiary/aromatic N) is 4. The van der Waals surface area contributed by atoms with Crippen molar-refractivity contribution < 1.29 is 0 Å². The molecular formula is C13H11ClN4. The van der Waals surface area contributed by atoms with Crippen LogP contribution in [-0.2, 0) is 0 Å². The van der Waals surface area contributed by atoms with Crippen LogP contribution in [0.4, 0.5) is 0 Å². The van der Waals surface area contributed by atoms with Crippen LogP contribution in [0.3, 0.4) is 0 Å². The minimum atomic E-state index is 0.484. The third kappa shape index (κ3) is 3.23. The summed E-state index contributed by atoms with van der Waals surface area (Å²) in [7, 11) is 0. The van der Waals surface area contributed by atoms with E-state index < -0.39 is 0 Å². The molecule has 18 heavy (non-hydrogen) atoms. The number of azide groups is 1. The zero-order chi connectivity index (χ0) is 12.8. The van der Waals surface area contributed by atoms with Gasteiger partial charge in [-0.15, -0.1) is 0 Å². The molecule has 1 aromatic heterocycles. The fourth-order valence-corrected chi connectivity index (χ4v) is 1.77. The zero-order valence-corrected chi connectivity index (χ0v) is 10.4. The van der Waals surface area contributed by atoms with E-state index in [0.717, 1.165) is 22.9 Å². The number of aromatic nitrogens is 1. The highest BCUT2D eigenvalue weighted by atomic mass is 35.5. The molecule has 1 heterocycles. The number of pyridine rings is 1. The van der Waals surface area contributed by atoms with Gasteiger partial charge in [0.05, 0.1) is 5.52 Å². The second-order valence-electron chi connectivity index (χ2n) is 3.73. The molecule has 90 valence electrons. The zero-order valence-electron chi connectivity index (χ0n) is 9.62. The second-order valence-corrected chi connectivity index (χ2v) is 4.12. The lowest BCUT2D eigenvalue weighted by Gasteiger charge is -1.99. The van der Waals surface area contributed by atoms with Gasteiger partial charge in [0.2, 0.25) is 0 Å². The Morgan fingerprint density at radius 1 is 1.33 bits per heavy atom. The van der Waals surface area contributed by atoms with Crippen molar-refractivity contribution in [1.82, 2.24) is 4.98 Å². The quantitative estimate of drug-likeness (QED) is 0.260. The van der Waals surface area contributed by atoms with E-state index in [4.69, 9.17) is 17.1 Å². The Labute approximate surface area is 110 Å². The van der Waals surface area contributed by atoms with Crippen LogP contribution in [0.15, 0.2) is 41.5 Å². The van der Waals surface area contributed by atoms with Crippen LogP contribution in [-0.4, -0.2) is 11.5 Å². The van der Waals surface area contributed by atoms with Gasteiger partial charge in [-0.05, 0) is 41.8 Å². The highest BCUT2D eigenvalue weighted by Gasteiger charge is 1.96. The average Bonchev–Trinajstić information content (AvgIpc) is 2.38. The summed E-state index contributed by atoms with van der Waals surface area (Å²) in [5, 5.41) is 5.02. The lowest BCUT2D eigenvalue weighted by atomic mass is 10.1. The van der Waals surface area contributed by atoms with Crippen molar-refractivity contribution in [2.45, 2.75) is 6.42 Å². The van der Waals surface area contributed by atoms with Gasteiger partial charge in [-0.2, -0.15) is 0 Å². The van der Waals surface area contributed by atoms with Gasteiger partial charge in [0.1, 0.15) is 5.15 Å². The van der Waals surface area contributed by atoms with Gasteiger partial charge in [-0.25, -0.2) is 4.98 Å². The first-order valence-electron chi connectivity index (χ1n) is 5.53. The van der Waals surface area contributed by atoms with E-state index in [9.17, 15) is 0 Å². The minimum absolute atomic E-state index is 0.484. The van der Waals surface area contributed by atoms with Gasteiger partial charge in [0.15, 0.2) is 0 Å². The first-order valence-corrected chi connectivity index (χ1v) is 5.91. The summed E-state index contributed by atoms with van der Waals surface area (Å²) in [5.41, 5.74) is 10.1. The Hall–Kier alpha value is -2.03. The van der Waals surface area contributed by atoms with Crippen molar-refractivity contribution in [3.05, 3.63) is 57.6 Å². The number of hydrogen-bond donors (Lipinski definition) is 0. The van der Waals surface area contributed by atoms with Crippen LogP contribution in [0.25, 0.3) is 27.4 Å². The molecule has 0 fully saturated rings. The van der Waals surface area contributed by atoms with Gasteiger partial charge >= 0.3 is 0 Å². The highest BCUT2D eigenvalue weighted by Crippen LogP contribution is 2.17. The minimum Gasteiger partial charge on any atom is -0.236 e. The molecule has 0 atom stereocenters. The number of rotatable bonds is 4. The monoisotopic (exact) mass is 258 g/mol. The van der Waals surface area contributed by atoms with E-state index in [1.165, 1.54) is 0 Å². The van der Waals surface area contributed by atoms with E-state index in [-0.39, 0.29) is 0 Å². The first-order chi connectivity index (χ1) is 8.79. The molecule has 4 nitrogen and oxygen atoms in total. The van der Waals surface area contributed by atoms with Gasteiger partial charge in [0.25, 0.3) is 0 Å². The molecule has 0 spiro atoms. The summed E-state index contributed by atoms with van der Waals surface area (Å²) >= 11 is 5.83. The molecule has 0 saturated carbocycles. The maximum absolute atomic E-state index is 8.14. The molecule has 0 amide bonds. The second kappa shape index (κ2) is 6.05. The molecule has 2 rings (SSSR count). The van der Waals surface area contributed by atoms with Gasteiger partial charge in [0, 0.05) is 16.8 Å². The van der Waals surface area contributed by atoms with Crippen LogP contribution < -0.4 is 0 Å². The van der Waals surface area contributed by atoms with Gasteiger partial charge in [-0.3, -0.25) is 0 Å². The predicted octanol–water partition coefficient (Wildman–Crippen LogP) is 4.60. The molecule has 0 aliphatic carbocycles. The Morgan fingerprint density at radius 2 is 2.22 bits per heavy atom. The van der Waals surface area contributed by atoms with Gasteiger partial charge < -0.3 is 0 Å². The van der Waals surface area contributed by atoms with E-state index in [1.807, 2.05) is 36.4 Å². The average molecular weight is 259 g/mol. The van der Waals surface area contributed by atoms with E-state index in [0.29, 0.717) is 11.7 Å². The summed E-state index contributed by atoms with van der Waals surface area (Å²) in [6, 6.07) is 9.69. The smallest absolute Gasteiger partial charge is 0.129 e. The number of hydrogen-bond acceptors (Lipinski definition) is 2. The molecule has 5 heteroatoms. The Bertz CT molecular complexity index is 630. The van der Waals surface area contributed by atoms with Crippen LogP contribution in [0, 0.1) is 0 Å². The van der Waals surface area contributed by atoms with Crippen LogP contribution >= 0.6 is 11.6 Å². The molecule has 0 aliphatic rings. The maximum Gasteiger partial charge on any atom is 0.129 e. The molecule has 1 aromatic carbocycles. The van der Waals surface area contributed by atoms with E-state index >= 15 is 0 Å². The normalized spacial score (nSPS) is 10.7. The number of halogens is 1. The van der Waals surface area contributed by atoms with Crippen molar-refractivity contribution in [3.8, 4) is 0 Å². The molecule has 2 aromatic rings. The fraction of sp³-hybridized carbons (Fsp3) is 0.154. The molecular weight excluding hydrogens is 248 g/mol. The molecule has 0 bridgehead atoms. The van der Waals surface area contributed by atoms with Crippen molar-refractivity contribution in [2.24, 2.45) is 5.11 Å². The summed E-state index contributed by atoms with van der Waals surface area (Å²) < 4.78 is 0. The van der Waals surface area contributed by atoms with Crippen LogP contribution in [0.5, 0.6) is 0 Å². The van der Waals surface area contributed by atoms with Crippen molar-refractivity contribution in [1.29, 1.82) is 0 Å². The Morgan fingerprint density at radius 3 is 3.06 bits per heavy atom. The summed E-state index contributed by atoms with van der Waals surface area (Å²) in [6.45, 7) is 0.484. The summed E-state index contributed by atoms with van der Waals surface area (Å²) in [4.78, 5) is 6.92. The molecule has 0 radical (unpaired) electrons. The molecule has 0 saturated heterocycles. The predicted molar refractivity (Wildman–Crippen MR) is 74.4 cm³/mol. The fourth-order valence-electron chi connectivity index (χ4n) is 1.62. The molecule has 0 N–H and O–H groups in total. The van der Waals surface area contributed by atoms with E-state index in [1.54, 1.807) is 6.07 Å². The largest absolute Gasteiger partial charge is 0.236 e. The lowest BCUT2D eigenvalue weighted by molar-refractivity contribution is 0.996. The Kier molecular flexibility index (Phi) is 4.18. The van der Waals surface area contributed by atoms with Gasteiger partial charge in [-0.1, -0.05) is 34.9 Å². The molecule has 0 aliphatic heterocycles. The van der Waals surface area contributed by atoms with Crippen molar-refractivity contribution in [3.63, 3.8) is 0 Å². The SMILES string of the molecule is [N-]=[N+]=NCCC=Cc1ccc2nc(Cl)ccc2c1. The maximum atomic E-state index is 8.14. The summed E-state index contributed by atoms with van der Waals surface area (Å²) in [6.07, 6.45) is 4.72. The van der Waals surface area contributed by atoms with E-state index in [2.05, 4.69) is 15.0 Å². The van der Waals surface area contributed by atoms with Crippen molar-refractivity contribution >= 4 is 28.6 Å². The highest BCUT2D eigenvalue weighted by molar-refractivity contribution is 6.29. The lowest BCUT2D eigenvalue weighted by Crippen LogP contribution is -1.81. The number of fused-ring (bicyclic) bond motifs is 1. The topological polar surface area (TPSA) is 61.7 Å². The third-order valence-corrected chi connectivity index (χ3v) is 2.66. The van der Waals surface area contributed by atoms with Crippen LogP contribution in [0.2, 0.25) is 5.15 Å². The summed E-state index contributed by atoms with van der Waals surface area (Å²) in [5.74, 6) is 0. The third-order valence-electron chi connectivity index (χ3n) is 2.45. The first kappa shape index (κ1) is 12.4. The number of benzene rings is 1. The standard InChI is InChI=1S/C13H11ClN4/c14-13-7-5-11-9-10(4-6-12(11)17-13)3-1-2-8-16-18-15/h1,3-7,9H,2,8H2. The Balaban J connectivity index is 2.15. The molecule has 0 unspecified atom stereocenters. The van der Waals surface area contributed by atoms with Crippen molar-refractivity contribution in [2.75, 3.05) is 6.54 Å². The van der Waals surface area contributed by atoms with Crippen LogP contribution in [0.1, 0.15) is 12.0 Å².